The van der Waals surface area contributed by atoms with Gasteiger partial charge in [0.05, 0.1) is 0 Å². The van der Waals surface area contributed by atoms with Crippen molar-refractivity contribution in [2.75, 3.05) is 0 Å². The molecule has 0 unspecified atom stereocenters. The van der Waals surface area contributed by atoms with Crippen LogP contribution in [0.4, 0.5) is 4.39 Å². The van der Waals surface area contributed by atoms with Crippen molar-refractivity contribution >= 4 is 27.5 Å². The highest BCUT2D eigenvalue weighted by molar-refractivity contribution is 9.10. The lowest BCUT2D eigenvalue weighted by molar-refractivity contribution is 0.606. The Morgan fingerprint density at radius 3 is 2.35 bits per heavy atom. The Morgan fingerprint density at radius 1 is 1.10 bits per heavy atom. The van der Waals surface area contributed by atoms with E-state index in [1.54, 1.807) is 13.8 Å². The van der Waals surface area contributed by atoms with E-state index >= 15 is 0 Å². The fourth-order valence-electron chi connectivity index (χ4n) is 2.14. The van der Waals surface area contributed by atoms with Gasteiger partial charge in [-0.25, -0.2) is 4.39 Å². The highest BCUT2D eigenvalue weighted by Crippen LogP contribution is 2.21. The van der Waals surface area contributed by atoms with Crippen molar-refractivity contribution in [1.29, 1.82) is 0 Å². The maximum Gasteiger partial charge on any atom is 0.129 e. The predicted octanol–water partition coefficient (Wildman–Crippen LogP) is 5.15. The molecule has 0 atom stereocenters. The second-order valence-electron chi connectivity index (χ2n) is 4.88. The van der Waals surface area contributed by atoms with E-state index in [-0.39, 0.29) is 5.82 Å². The van der Waals surface area contributed by atoms with Crippen molar-refractivity contribution < 1.29 is 4.39 Å². The zero-order valence-electron chi connectivity index (χ0n) is 11.4. The van der Waals surface area contributed by atoms with E-state index in [1.807, 2.05) is 30.3 Å². The molecule has 2 aromatic carbocycles. The van der Waals surface area contributed by atoms with Gasteiger partial charge in [0, 0.05) is 22.6 Å². The molecule has 0 saturated heterocycles. The van der Waals surface area contributed by atoms with Crippen LogP contribution in [0.25, 0.3) is 0 Å². The summed E-state index contributed by atoms with van der Waals surface area (Å²) >= 11 is 9.55. The average molecular weight is 357 g/mol. The molecule has 0 spiro atoms. The third-order valence-electron chi connectivity index (χ3n) is 3.16. The Morgan fingerprint density at radius 2 is 1.75 bits per heavy atom. The summed E-state index contributed by atoms with van der Waals surface area (Å²) in [4.78, 5) is 0. The number of hydrogen-bond acceptors (Lipinski definition) is 1. The van der Waals surface area contributed by atoms with E-state index in [4.69, 9.17) is 11.6 Å². The van der Waals surface area contributed by atoms with Crippen LogP contribution in [0.2, 0.25) is 5.02 Å². The van der Waals surface area contributed by atoms with Crippen molar-refractivity contribution in [2.24, 2.45) is 0 Å². The topological polar surface area (TPSA) is 12.0 Å². The molecule has 0 amide bonds. The smallest absolute Gasteiger partial charge is 0.129 e. The standard InChI is InChI=1S/C16H16BrClFN/c1-10-5-12(6-11(2)16(10)19)8-20-9-13-3-4-14(17)7-15(13)18/h3-7,20H,8-9H2,1-2H3. The molecule has 1 nitrogen and oxygen atoms in total. The minimum absolute atomic E-state index is 0.121. The Kier molecular flexibility index (Phi) is 5.19. The quantitative estimate of drug-likeness (QED) is 0.799. The highest BCUT2D eigenvalue weighted by atomic mass is 79.9. The van der Waals surface area contributed by atoms with Gasteiger partial charge in [0.2, 0.25) is 0 Å². The first-order chi connectivity index (χ1) is 9.47. The zero-order valence-corrected chi connectivity index (χ0v) is 13.8. The monoisotopic (exact) mass is 355 g/mol. The lowest BCUT2D eigenvalue weighted by atomic mass is 10.1. The fraction of sp³-hybridized carbons (Fsp3) is 0.250. The first kappa shape index (κ1) is 15.5. The number of rotatable bonds is 4. The van der Waals surface area contributed by atoms with Gasteiger partial charge in [0.15, 0.2) is 0 Å². The molecule has 0 aliphatic carbocycles. The molecule has 2 aromatic rings. The Labute approximate surface area is 132 Å². The second kappa shape index (κ2) is 6.70. The van der Waals surface area contributed by atoms with Crippen molar-refractivity contribution in [1.82, 2.24) is 5.32 Å². The summed E-state index contributed by atoms with van der Waals surface area (Å²) in [6.07, 6.45) is 0. The van der Waals surface area contributed by atoms with Gasteiger partial charge in [-0.05, 0) is 48.2 Å². The number of benzene rings is 2. The SMILES string of the molecule is Cc1cc(CNCc2ccc(Br)cc2Cl)cc(C)c1F. The van der Waals surface area contributed by atoms with Crippen LogP contribution >= 0.6 is 27.5 Å². The van der Waals surface area contributed by atoms with Gasteiger partial charge in [0.25, 0.3) is 0 Å². The van der Waals surface area contributed by atoms with E-state index in [2.05, 4.69) is 21.2 Å². The molecule has 0 aromatic heterocycles. The molecule has 20 heavy (non-hydrogen) atoms. The molecule has 0 heterocycles. The van der Waals surface area contributed by atoms with E-state index in [1.165, 1.54) is 0 Å². The molecule has 0 aliphatic heterocycles. The van der Waals surface area contributed by atoms with Gasteiger partial charge in [-0.15, -0.1) is 0 Å². The predicted molar refractivity (Wildman–Crippen MR) is 85.6 cm³/mol. The van der Waals surface area contributed by atoms with Crippen molar-refractivity contribution in [3.63, 3.8) is 0 Å². The van der Waals surface area contributed by atoms with Crippen molar-refractivity contribution in [2.45, 2.75) is 26.9 Å². The minimum atomic E-state index is -0.121. The maximum atomic E-state index is 13.5. The molecule has 106 valence electrons. The van der Waals surface area contributed by atoms with Crippen LogP contribution in [-0.4, -0.2) is 0 Å². The summed E-state index contributed by atoms with van der Waals surface area (Å²) in [6.45, 7) is 4.95. The summed E-state index contributed by atoms with van der Waals surface area (Å²) in [7, 11) is 0. The van der Waals surface area contributed by atoms with Crippen LogP contribution in [0.5, 0.6) is 0 Å². The molecule has 0 bridgehead atoms. The minimum Gasteiger partial charge on any atom is -0.309 e. The first-order valence-corrected chi connectivity index (χ1v) is 7.54. The molecule has 2 rings (SSSR count). The number of halogens is 3. The van der Waals surface area contributed by atoms with Crippen LogP contribution in [0.15, 0.2) is 34.8 Å². The Balaban J connectivity index is 1.99. The van der Waals surface area contributed by atoms with Crippen molar-refractivity contribution in [3.8, 4) is 0 Å². The number of nitrogens with one attached hydrogen (secondary N) is 1. The van der Waals surface area contributed by atoms with Gasteiger partial charge in [-0.3, -0.25) is 0 Å². The molecule has 0 radical (unpaired) electrons. The largest absolute Gasteiger partial charge is 0.309 e. The number of hydrogen-bond donors (Lipinski definition) is 1. The summed E-state index contributed by atoms with van der Waals surface area (Å²) in [5.41, 5.74) is 3.49. The zero-order chi connectivity index (χ0) is 14.7. The Bertz CT molecular complexity index is 605. The van der Waals surface area contributed by atoms with Gasteiger partial charge < -0.3 is 5.32 Å². The van der Waals surface area contributed by atoms with Crippen LogP contribution in [0.1, 0.15) is 22.3 Å². The maximum absolute atomic E-state index is 13.5. The summed E-state index contributed by atoms with van der Waals surface area (Å²) < 4.78 is 14.5. The molecule has 0 aliphatic rings. The van der Waals surface area contributed by atoms with Crippen LogP contribution in [0, 0.1) is 19.7 Å². The van der Waals surface area contributed by atoms with E-state index in [0.29, 0.717) is 24.2 Å². The average Bonchev–Trinajstić information content (AvgIpc) is 2.38. The molecule has 1 N–H and O–H groups in total. The van der Waals surface area contributed by atoms with E-state index in [9.17, 15) is 4.39 Å². The molecule has 4 heteroatoms. The molecule has 0 fully saturated rings. The highest BCUT2D eigenvalue weighted by Gasteiger charge is 2.05. The lowest BCUT2D eigenvalue weighted by Gasteiger charge is -2.09. The summed E-state index contributed by atoms with van der Waals surface area (Å²) in [6, 6.07) is 9.58. The summed E-state index contributed by atoms with van der Waals surface area (Å²) in [5, 5.41) is 4.06. The molecular weight excluding hydrogens is 341 g/mol. The number of aryl methyl sites for hydroxylation is 2. The lowest BCUT2D eigenvalue weighted by Crippen LogP contribution is -2.13. The van der Waals surface area contributed by atoms with Gasteiger partial charge >= 0.3 is 0 Å². The molecule has 0 saturated carbocycles. The van der Waals surface area contributed by atoms with E-state index in [0.717, 1.165) is 20.6 Å². The van der Waals surface area contributed by atoms with E-state index < -0.39 is 0 Å². The fourth-order valence-corrected chi connectivity index (χ4v) is 2.88. The van der Waals surface area contributed by atoms with Gasteiger partial charge in [-0.2, -0.15) is 0 Å². The molecular formula is C16H16BrClFN. The van der Waals surface area contributed by atoms with Crippen molar-refractivity contribution in [3.05, 3.63) is 67.9 Å². The normalized spacial score (nSPS) is 10.8. The van der Waals surface area contributed by atoms with Crippen LogP contribution in [0.3, 0.4) is 0 Å². The van der Waals surface area contributed by atoms with Gasteiger partial charge in [-0.1, -0.05) is 45.7 Å². The van der Waals surface area contributed by atoms with Crippen LogP contribution in [-0.2, 0) is 13.1 Å². The second-order valence-corrected chi connectivity index (χ2v) is 6.21. The first-order valence-electron chi connectivity index (χ1n) is 6.37. The third-order valence-corrected chi connectivity index (χ3v) is 4.00. The van der Waals surface area contributed by atoms with Gasteiger partial charge in [0.1, 0.15) is 5.82 Å². The Hall–Kier alpha value is -0.900. The summed E-state index contributed by atoms with van der Waals surface area (Å²) in [5.74, 6) is -0.121. The van der Waals surface area contributed by atoms with Crippen LogP contribution < -0.4 is 5.32 Å². The third kappa shape index (κ3) is 3.81.